The minimum absolute atomic E-state index is 0.267. The quantitative estimate of drug-likeness (QED) is 0.806. The van der Waals surface area contributed by atoms with Crippen LogP contribution in [0.1, 0.15) is 16.1 Å². The van der Waals surface area contributed by atoms with Crippen molar-refractivity contribution in [2.75, 3.05) is 0 Å². The zero-order valence-electron chi connectivity index (χ0n) is 11.6. The van der Waals surface area contributed by atoms with Crippen LogP contribution in [-0.4, -0.2) is 20.9 Å². The number of carbonyl (C=O) groups is 1. The highest BCUT2D eigenvalue weighted by Crippen LogP contribution is 2.09. The number of amides is 1. The molecule has 0 saturated heterocycles. The van der Waals surface area contributed by atoms with Crippen LogP contribution >= 0.6 is 11.6 Å². The lowest BCUT2D eigenvalue weighted by atomic mass is 10.2. The summed E-state index contributed by atoms with van der Waals surface area (Å²) in [4.78, 5) is 13.5. The first-order chi connectivity index (χ1) is 10.7. The van der Waals surface area contributed by atoms with E-state index in [9.17, 15) is 4.79 Å². The smallest absolute Gasteiger partial charge is 0.273 e. The molecule has 0 fully saturated rings. The minimum atomic E-state index is -0.267. The van der Waals surface area contributed by atoms with E-state index in [0.29, 0.717) is 11.6 Å². The first-order valence-electron chi connectivity index (χ1n) is 6.73. The predicted molar refractivity (Wildman–Crippen MR) is 84.0 cm³/mol. The summed E-state index contributed by atoms with van der Waals surface area (Å²) in [6.45, 7) is 0.411. The Morgan fingerprint density at radius 1 is 1.09 bits per heavy atom. The first kappa shape index (κ1) is 14.3. The largest absolute Gasteiger partial charge is 0.347 e. The number of rotatable bonds is 4. The molecule has 0 unspecified atom stereocenters. The van der Waals surface area contributed by atoms with Crippen LogP contribution < -0.4 is 5.32 Å². The van der Waals surface area contributed by atoms with E-state index in [0.717, 1.165) is 11.3 Å². The number of carbonyl (C=O) groups excluding carboxylic acids is 1. The third kappa shape index (κ3) is 3.32. The van der Waals surface area contributed by atoms with E-state index in [1.807, 2.05) is 42.5 Å². The van der Waals surface area contributed by atoms with Crippen LogP contribution in [0.25, 0.3) is 5.69 Å². The first-order valence-corrected chi connectivity index (χ1v) is 7.10. The number of benzene rings is 2. The summed E-state index contributed by atoms with van der Waals surface area (Å²) in [6.07, 6.45) is 1.45. The average Bonchev–Trinajstić information content (AvgIpc) is 3.05. The molecule has 0 spiro atoms. The number of aromatic nitrogens is 3. The van der Waals surface area contributed by atoms with Gasteiger partial charge in [-0.15, -0.1) is 5.10 Å². The van der Waals surface area contributed by atoms with E-state index in [-0.39, 0.29) is 11.6 Å². The number of hydrogen-bond acceptors (Lipinski definition) is 3. The van der Waals surface area contributed by atoms with Crippen molar-refractivity contribution in [3.63, 3.8) is 0 Å². The second kappa shape index (κ2) is 6.41. The van der Waals surface area contributed by atoms with Crippen LogP contribution in [0.15, 0.2) is 60.8 Å². The van der Waals surface area contributed by atoms with Gasteiger partial charge in [0.25, 0.3) is 5.91 Å². The van der Waals surface area contributed by atoms with Gasteiger partial charge in [0.15, 0.2) is 5.69 Å². The fourth-order valence-corrected chi connectivity index (χ4v) is 2.05. The molecule has 0 saturated carbocycles. The summed E-state index contributed by atoms with van der Waals surface area (Å²) in [5, 5.41) is 11.7. The van der Waals surface area contributed by atoms with Crippen LogP contribution in [0.3, 0.4) is 0 Å². The van der Waals surface area contributed by atoms with Gasteiger partial charge < -0.3 is 5.32 Å². The highest BCUT2D eigenvalue weighted by molar-refractivity contribution is 6.30. The summed E-state index contributed by atoms with van der Waals surface area (Å²) in [5.74, 6) is -0.267. The Hall–Kier alpha value is -2.66. The fourth-order valence-electron chi connectivity index (χ4n) is 1.93. The molecule has 0 bridgehead atoms. The summed E-state index contributed by atoms with van der Waals surface area (Å²) in [7, 11) is 0. The molecule has 3 aromatic rings. The fraction of sp³-hybridized carbons (Fsp3) is 0.0625. The van der Waals surface area contributed by atoms with Crippen LogP contribution in [0.4, 0.5) is 0 Å². The molecule has 110 valence electrons. The Morgan fingerprint density at radius 2 is 1.82 bits per heavy atom. The molecule has 5 nitrogen and oxygen atoms in total. The third-order valence-corrected chi connectivity index (χ3v) is 3.33. The van der Waals surface area contributed by atoms with Crippen LogP contribution in [-0.2, 0) is 6.54 Å². The maximum atomic E-state index is 12.1. The van der Waals surface area contributed by atoms with Gasteiger partial charge in [-0.05, 0) is 29.8 Å². The Bertz CT molecular complexity index is 768. The SMILES string of the molecule is O=C(NCc1ccc(Cl)cc1)c1cnn(-c2ccccc2)n1. The Balaban J connectivity index is 1.66. The van der Waals surface area contributed by atoms with Crippen molar-refractivity contribution in [2.45, 2.75) is 6.54 Å². The lowest BCUT2D eigenvalue weighted by Gasteiger charge is -2.03. The predicted octanol–water partition coefficient (Wildman–Crippen LogP) is 2.85. The van der Waals surface area contributed by atoms with Gasteiger partial charge in [0.1, 0.15) is 0 Å². The topological polar surface area (TPSA) is 59.8 Å². The molecule has 0 aliphatic rings. The van der Waals surface area contributed by atoms with Crippen molar-refractivity contribution >= 4 is 17.5 Å². The monoisotopic (exact) mass is 312 g/mol. The summed E-state index contributed by atoms with van der Waals surface area (Å²) in [5.41, 5.74) is 2.05. The second-order valence-electron chi connectivity index (χ2n) is 4.66. The number of para-hydroxylation sites is 1. The molecular formula is C16H13ClN4O. The lowest BCUT2D eigenvalue weighted by Crippen LogP contribution is -2.23. The van der Waals surface area contributed by atoms with Gasteiger partial charge in [-0.25, -0.2) is 0 Å². The molecule has 3 rings (SSSR count). The van der Waals surface area contributed by atoms with E-state index in [4.69, 9.17) is 11.6 Å². The van der Waals surface area contributed by atoms with Crippen molar-refractivity contribution in [2.24, 2.45) is 0 Å². The summed E-state index contributed by atoms with van der Waals surface area (Å²) < 4.78 is 0. The van der Waals surface area contributed by atoms with E-state index >= 15 is 0 Å². The van der Waals surface area contributed by atoms with Gasteiger partial charge >= 0.3 is 0 Å². The molecule has 1 aromatic heterocycles. The molecule has 1 amide bonds. The highest BCUT2D eigenvalue weighted by atomic mass is 35.5. The maximum Gasteiger partial charge on any atom is 0.273 e. The normalized spacial score (nSPS) is 10.4. The number of nitrogens with one attached hydrogen (secondary N) is 1. The van der Waals surface area contributed by atoms with Crippen molar-refractivity contribution in [3.8, 4) is 5.69 Å². The van der Waals surface area contributed by atoms with E-state index in [1.54, 1.807) is 12.1 Å². The van der Waals surface area contributed by atoms with Gasteiger partial charge in [0.05, 0.1) is 11.9 Å². The van der Waals surface area contributed by atoms with Crippen molar-refractivity contribution in [1.82, 2.24) is 20.3 Å². The Kier molecular flexibility index (Phi) is 4.16. The highest BCUT2D eigenvalue weighted by Gasteiger charge is 2.11. The third-order valence-electron chi connectivity index (χ3n) is 3.08. The number of halogens is 1. The second-order valence-corrected chi connectivity index (χ2v) is 5.10. The van der Waals surface area contributed by atoms with E-state index in [2.05, 4.69) is 15.5 Å². The van der Waals surface area contributed by atoms with Crippen molar-refractivity contribution in [3.05, 3.63) is 77.1 Å². The number of nitrogens with zero attached hydrogens (tertiary/aromatic N) is 3. The molecule has 22 heavy (non-hydrogen) atoms. The van der Waals surface area contributed by atoms with Gasteiger partial charge in [0, 0.05) is 11.6 Å². The van der Waals surface area contributed by atoms with Gasteiger partial charge in [-0.3, -0.25) is 4.79 Å². The maximum absolute atomic E-state index is 12.1. The molecule has 1 heterocycles. The van der Waals surface area contributed by atoms with Gasteiger partial charge in [-0.2, -0.15) is 9.90 Å². The lowest BCUT2D eigenvalue weighted by molar-refractivity contribution is 0.0945. The average molecular weight is 313 g/mol. The molecule has 1 N–H and O–H groups in total. The Labute approximate surface area is 132 Å². The van der Waals surface area contributed by atoms with Crippen LogP contribution in [0.2, 0.25) is 5.02 Å². The van der Waals surface area contributed by atoms with Crippen molar-refractivity contribution in [1.29, 1.82) is 0 Å². The van der Waals surface area contributed by atoms with Gasteiger partial charge in [0.2, 0.25) is 0 Å². The van der Waals surface area contributed by atoms with Crippen molar-refractivity contribution < 1.29 is 4.79 Å². The molecule has 0 aliphatic carbocycles. The molecule has 0 radical (unpaired) electrons. The minimum Gasteiger partial charge on any atom is -0.347 e. The molecule has 0 aliphatic heterocycles. The van der Waals surface area contributed by atoms with E-state index in [1.165, 1.54) is 11.0 Å². The summed E-state index contributed by atoms with van der Waals surface area (Å²) >= 11 is 5.82. The molecule has 6 heteroatoms. The zero-order valence-corrected chi connectivity index (χ0v) is 12.4. The standard InChI is InChI=1S/C16H13ClN4O/c17-13-8-6-12(7-9-13)10-18-16(22)15-11-19-21(20-15)14-4-2-1-3-5-14/h1-9,11H,10H2,(H,18,22). The molecule has 0 atom stereocenters. The zero-order chi connectivity index (χ0) is 15.4. The Morgan fingerprint density at radius 3 is 2.55 bits per heavy atom. The molecular weight excluding hydrogens is 300 g/mol. The number of hydrogen-bond donors (Lipinski definition) is 1. The van der Waals surface area contributed by atoms with E-state index < -0.39 is 0 Å². The van der Waals surface area contributed by atoms with Crippen LogP contribution in [0.5, 0.6) is 0 Å². The molecule has 2 aromatic carbocycles. The van der Waals surface area contributed by atoms with Gasteiger partial charge in [-0.1, -0.05) is 41.9 Å². The van der Waals surface area contributed by atoms with Crippen LogP contribution in [0, 0.1) is 0 Å². The summed E-state index contributed by atoms with van der Waals surface area (Å²) in [6, 6.07) is 16.7.